The number of aliphatic hydroxyl groups excluding tert-OH is 2. The Hall–Kier alpha value is -9.73. The van der Waals surface area contributed by atoms with Gasteiger partial charge in [-0.1, -0.05) is 188 Å². The van der Waals surface area contributed by atoms with Crippen molar-refractivity contribution >= 4 is 82.9 Å². The first-order chi connectivity index (χ1) is 50.4. The molecule has 0 radical (unpaired) electrons. The van der Waals surface area contributed by atoms with Gasteiger partial charge in [0.2, 0.25) is 0 Å². The zero-order valence-electron chi connectivity index (χ0n) is 64.5. The van der Waals surface area contributed by atoms with E-state index in [-0.39, 0.29) is 49.5 Å². The molecule has 2 N–H and O–H groups in total. The monoisotopic (exact) mass is 1470 g/mol. The van der Waals surface area contributed by atoms with Crippen LogP contribution in [0.2, 0.25) is 0 Å². The van der Waals surface area contributed by atoms with E-state index in [1.807, 2.05) is 114 Å². The minimum Gasteiger partial charge on any atom is -0.463 e. The number of rotatable bonds is 35. The number of hydrogen-bond donors (Lipinski definition) is 2. The number of methoxy groups -OCH3 is 4. The van der Waals surface area contributed by atoms with Gasteiger partial charge in [-0.25, -0.2) is 19.2 Å². The molecule has 0 aliphatic heterocycles. The van der Waals surface area contributed by atoms with Crippen LogP contribution in [0, 0.1) is 0 Å². The Bertz CT molecular complexity index is 3340. The average molecular weight is 1470 g/mol. The van der Waals surface area contributed by atoms with Gasteiger partial charge in [-0.05, 0) is 172 Å². The second-order valence-electron chi connectivity index (χ2n) is 21.3. The zero-order valence-corrected chi connectivity index (χ0v) is 65.4. The fourth-order valence-electron chi connectivity index (χ4n) is 7.31. The molecule has 0 aliphatic rings. The number of esters is 4. The third kappa shape index (κ3) is 50.3. The third-order valence-corrected chi connectivity index (χ3v) is 17.4. The molecule has 0 saturated heterocycles. The van der Waals surface area contributed by atoms with Crippen molar-refractivity contribution in [3.05, 3.63) is 257 Å². The fourth-order valence-corrected chi connectivity index (χ4v) is 11.6. The van der Waals surface area contributed by atoms with Crippen molar-refractivity contribution < 1.29 is 96.0 Å². The Balaban J connectivity index is -0.000000585. The van der Waals surface area contributed by atoms with Crippen LogP contribution in [0.1, 0.15) is 96.9 Å². The number of Topliss-reactive ketones (excluding diaryl/α,β-unsaturated/α-hetero) is 1. The Morgan fingerprint density at radius 2 is 0.667 bits per heavy atom. The van der Waals surface area contributed by atoms with Crippen LogP contribution in [0.25, 0.3) is 0 Å². The molecule has 574 valence electrons. The molecule has 3 rings (SSSR count). The highest BCUT2D eigenvalue weighted by Crippen LogP contribution is 2.46. The SMILES string of the molecule is CCOC(=O)/C(C)=C/C=C/C(OC)OC.CCOC(=O)/C(C)=C/C=C/C=O.CCOC(=O)C(C)=P(c1ccccc1)(c1ccccc1)c1ccccc1.CCOCC(=O)/C(C)=C/C=C/C=C(\C)C(=O)OCC.COC(/C=C/C=O)OC.C\C(=C/C=C/C=C(\C)CO)CO.C\C(C=O)=C/C=C/C=C(\C)C=O. The number of ketones is 1. The van der Waals surface area contributed by atoms with Crippen molar-refractivity contribution in [1.82, 2.24) is 0 Å². The minimum atomic E-state index is -2.29. The average Bonchev–Trinajstić information content (AvgIpc) is 0.741. The summed E-state index contributed by atoms with van der Waals surface area (Å²) in [4.78, 5) is 97.6. The number of carbonyl (C=O) groups excluding carboxylic acids is 9. The summed E-state index contributed by atoms with van der Waals surface area (Å²) in [5.41, 5.74) is 5.31. The van der Waals surface area contributed by atoms with Crippen molar-refractivity contribution in [3.63, 3.8) is 0 Å². The first-order valence-electron chi connectivity index (χ1n) is 33.6. The standard InChI is InChI=1S/C23H23O2P.C15H22O4.C11H18O4.C10H16O2.C10H12O2.C9H12O3.C6H10O3/c1-3-25-23(24)19(2)26(20-13-7-4-8-14-20,21-15-9-5-10-16-21)22-17-11-6-12-18-22;1-5-18-11-14(16)12(3)9-7-8-10-13(4)15(17)19-6-2;1-5-15-11(12)9(2)7-6-8-10(13-3)14-4;2*1-9(7-11)5-3-4-6-10(2)8-12;1-3-12-9(11)8(2)6-4-5-7-10;1-8-6(9-2)4-3-5-7/h4-18H,3H2,1-2H3;7-10H,5-6,11H2,1-4H3;6-8,10H,5H2,1-4H3;3-6,11-12H,7-8H2,1-2H3;3-8H,1-2H3;4-7H,3H2,1-2H3;3-6H,1-2H3/b;8-7+,12-9+,13-10+;8-6+,9-7+;2*4-3+,9-5+,10-6+;5-4+,8-6+;4-3+. The molecule has 0 unspecified atom stereocenters. The van der Waals surface area contributed by atoms with Gasteiger partial charge in [-0.15, -0.1) is 0 Å². The Morgan fingerprint density at radius 1 is 0.371 bits per heavy atom. The first kappa shape index (κ1) is 102. The van der Waals surface area contributed by atoms with E-state index in [9.17, 15) is 43.2 Å². The van der Waals surface area contributed by atoms with Crippen LogP contribution in [0.15, 0.2) is 257 Å². The lowest BCUT2D eigenvalue weighted by Crippen LogP contribution is -2.33. The topological polar surface area (TPSA) is 277 Å². The van der Waals surface area contributed by atoms with Gasteiger partial charge < -0.3 is 52.8 Å². The van der Waals surface area contributed by atoms with Crippen LogP contribution in [0.5, 0.6) is 0 Å². The van der Waals surface area contributed by atoms with Crippen LogP contribution in [-0.4, -0.2) is 164 Å². The van der Waals surface area contributed by atoms with Crippen LogP contribution in [0.3, 0.4) is 0 Å². The summed E-state index contributed by atoms with van der Waals surface area (Å²) in [6.07, 6.45) is 35.2. The third-order valence-electron chi connectivity index (χ3n) is 13.0. The number of aliphatic hydroxyl groups is 2. The molecule has 0 bridgehead atoms. The van der Waals surface area contributed by atoms with Crippen molar-refractivity contribution in [2.75, 3.05) is 81.3 Å². The Labute approximate surface area is 623 Å². The van der Waals surface area contributed by atoms with Crippen molar-refractivity contribution in [1.29, 1.82) is 0 Å². The van der Waals surface area contributed by atoms with Gasteiger partial charge >= 0.3 is 23.9 Å². The Kier molecular flexibility index (Phi) is 66.5. The van der Waals surface area contributed by atoms with Gasteiger partial charge in [0, 0.05) is 57.1 Å². The summed E-state index contributed by atoms with van der Waals surface area (Å²) in [5.74, 6) is -1.27. The normalized spacial score (nSPS) is 12.3. The van der Waals surface area contributed by atoms with Crippen LogP contribution >= 0.6 is 6.89 Å². The molecule has 0 heterocycles. The molecule has 21 heteroatoms. The highest BCUT2D eigenvalue weighted by Gasteiger charge is 2.31. The van der Waals surface area contributed by atoms with Crippen molar-refractivity contribution in [2.24, 2.45) is 0 Å². The molecule has 0 aromatic heterocycles. The predicted molar refractivity (Wildman–Crippen MR) is 423 cm³/mol. The number of hydrogen-bond acceptors (Lipinski definition) is 20. The fraction of sp³-hybridized carbons (Fsp3) is 0.333. The molecule has 0 fully saturated rings. The Morgan fingerprint density at radius 3 is 0.971 bits per heavy atom. The molecule has 0 amide bonds. The van der Waals surface area contributed by atoms with E-state index in [1.54, 1.807) is 143 Å². The van der Waals surface area contributed by atoms with E-state index in [4.69, 9.17) is 52.8 Å². The molecule has 0 atom stereocenters. The number of benzene rings is 3. The van der Waals surface area contributed by atoms with Gasteiger partial charge in [0.15, 0.2) is 18.4 Å². The lowest BCUT2D eigenvalue weighted by atomic mass is 10.2. The number of allylic oxidation sites excluding steroid dienone is 20. The quantitative estimate of drug-likeness (QED) is 0.0105. The molecule has 3 aromatic rings. The summed E-state index contributed by atoms with van der Waals surface area (Å²) in [6.45, 7) is 24.8. The van der Waals surface area contributed by atoms with Crippen LogP contribution < -0.4 is 15.9 Å². The minimum absolute atomic E-state index is 0.0439. The molecule has 0 spiro atoms. The lowest BCUT2D eigenvalue weighted by molar-refractivity contribution is -0.139. The van der Waals surface area contributed by atoms with Crippen LogP contribution in [-0.2, 0) is 85.8 Å². The summed E-state index contributed by atoms with van der Waals surface area (Å²) in [6, 6.07) is 31.0. The maximum absolute atomic E-state index is 12.9. The lowest BCUT2D eigenvalue weighted by Gasteiger charge is -2.31. The van der Waals surface area contributed by atoms with Gasteiger partial charge in [-0.3, -0.25) is 24.0 Å². The molecule has 0 saturated carbocycles. The molecular weight excluding hydrogens is 1360 g/mol. The second-order valence-corrected chi connectivity index (χ2v) is 24.8. The van der Waals surface area contributed by atoms with Gasteiger partial charge in [0.25, 0.3) is 0 Å². The first-order valence-corrected chi connectivity index (χ1v) is 35.4. The maximum Gasteiger partial charge on any atom is 0.334 e. The zero-order chi connectivity index (χ0) is 80.1. The number of ether oxygens (including phenoxy) is 9. The molecule has 3 aromatic carbocycles. The van der Waals surface area contributed by atoms with Gasteiger partial charge in [0.1, 0.15) is 31.8 Å². The van der Waals surface area contributed by atoms with E-state index in [1.165, 1.54) is 44.6 Å². The predicted octanol–water partition coefficient (Wildman–Crippen LogP) is 12.9. The summed E-state index contributed by atoms with van der Waals surface area (Å²) >= 11 is 0. The molecule has 0 aliphatic carbocycles. The van der Waals surface area contributed by atoms with Gasteiger partial charge in [-0.2, -0.15) is 0 Å². The van der Waals surface area contributed by atoms with Crippen molar-refractivity contribution in [2.45, 2.75) is 110 Å². The highest BCUT2D eigenvalue weighted by molar-refractivity contribution is 7.96. The molecular formula is C84H113O20P. The van der Waals surface area contributed by atoms with E-state index >= 15 is 0 Å². The van der Waals surface area contributed by atoms with E-state index in [0.29, 0.717) is 79.0 Å². The van der Waals surface area contributed by atoms with E-state index < -0.39 is 19.5 Å². The van der Waals surface area contributed by atoms with Crippen LogP contribution in [0.4, 0.5) is 0 Å². The molecule has 105 heavy (non-hydrogen) atoms. The second kappa shape index (κ2) is 68.7. The molecule has 20 nitrogen and oxygen atoms in total. The van der Waals surface area contributed by atoms with E-state index in [2.05, 4.69) is 36.4 Å². The number of carbonyl (C=O) groups is 9. The smallest absolute Gasteiger partial charge is 0.334 e. The van der Waals surface area contributed by atoms with Crippen molar-refractivity contribution in [3.8, 4) is 0 Å². The summed E-state index contributed by atoms with van der Waals surface area (Å²) in [5, 5.41) is 21.5. The van der Waals surface area contributed by atoms with Gasteiger partial charge in [0.05, 0.1) is 39.6 Å². The van der Waals surface area contributed by atoms with E-state index in [0.717, 1.165) is 44.9 Å². The highest BCUT2D eigenvalue weighted by atomic mass is 31.2. The summed E-state index contributed by atoms with van der Waals surface area (Å²) in [7, 11) is 6.09. The maximum atomic E-state index is 12.9. The summed E-state index contributed by atoms with van der Waals surface area (Å²) < 4.78 is 44.1. The number of aldehydes is 4. The largest absolute Gasteiger partial charge is 0.463 e.